The van der Waals surface area contributed by atoms with Crippen molar-refractivity contribution in [2.24, 2.45) is 0 Å². The maximum absolute atomic E-state index is 13.1. The predicted molar refractivity (Wildman–Crippen MR) is 147 cm³/mol. The molecule has 0 unspecified atom stereocenters. The van der Waals surface area contributed by atoms with Crippen molar-refractivity contribution < 1.29 is 37.2 Å². The first-order chi connectivity index (χ1) is 19.5. The van der Waals surface area contributed by atoms with E-state index in [1.165, 1.54) is 31.4 Å². The zero-order valence-electron chi connectivity index (χ0n) is 21.2. The minimum atomic E-state index is -4.77. The normalized spacial score (nSPS) is 14.6. The molecule has 0 spiro atoms. The average Bonchev–Trinajstić information content (AvgIpc) is 3.20. The molecule has 0 atom stereocenters. The van der Waals surface area contributed by atoms with Crippen LogP contribution in [0.2, 0.25) is 0 Å². The molecule has 1 fully saturated rings. The smallest absolute Gasteiger partial charge is 0.416 e. The zero-order chi connectivity index (χ0) is 29.3. The van der Waals surface area contributed by atoms with Crippen LogP contribution in [-0.4, -0.2) is 28.1 Å². The molecule has 5 rings (SSSR count). The number of hydrogen-bond donors (Lipinski definition) is 0. The van der Waals surface area contributed by atoms with Crippen LogP contribution in [-0.2, 0) is 17.5 Å². The van der Waals surface area contributed by atoms with Gasteiger partial charge in [-0.25, -0.2) is 0 Å². The van der Waals surface area contributed by atoms with E-state index < -0.39 is 39.2 Å². The molecule has 0 N–H and O–H groups in total. The van der Waals surface area contributed by atoms with Crippen molar-refractivity contribution in [2.45, 2.75) is 12.7 Å². The van der Waals surface area contributed by atoms with E-state index in [9.17, 15) is 32.9 Å². The van der Waals surface area contributed by atoms with Gasteiger partial charge in [0.2, 0.25) is 5.75 Å². The molecule has 4 aromatic carbocycles. The van der Waals surface area contributed by atoms with Gasteiger partial charge in [0.15, 0.2) is 11.5 Å². The monoisotopic (exact) mass is 580 g/mol. The van der Waals surface area contributed by atoms with Crippen LogP contribution in [0, 0.1) is 10.1 Å². The molecule has 0 aromatic heterocycles. The van der Waals surface area contributed by atoms with E-state index in [2.05, 4.69) is 0 Å². The number of imide groups is 1. The van der Waals surface area contributed by atoms with Crippen LogP contribution in [0.25, 0.3) is 16.8 Å². The number of benzene rings is 4. The maximum atomic E-state index is 13.1. The van der Waals surface area contributed by atoms with Gasteiger partial charge >= 0.3 is 11.9 Å². The van der Waals surface area contributed by atoms with Crippen LogP contribution >= 0.6 is 11.8 Å². The molecule has 1 aliphatic rings. The Morgan fingerprint density at radius 2 is 1.68 bits per heavy atom. The third-order valence-electron chi connectivity index (χ3n) is 6.27. The standard InChI is InChI=1S/C29H19F3N2O6S/c1-39-25-13-17(9-11-24(25)40-23-12-10-20(29(30,31)32)15-22(23)34(37)38)14-26-27(35)33(28(36)41-26)16-19-7-4-6-18-5-2-3-8-21(18)19/h2-15H,16H2,1H3/b26-14+. The van der Waals surface area contributed by atoms with E-state index in [4.69, 9.17) is 9.47 Å². The summed E-state index contributed by atoms with van der Waals surface area (Å²) in [5, 5.41) is 12.9. The zero-order valence-corrected chi connectivity index (χ0v) is 22.0. The first-order valence-electron chi connectivity index (χ1n) is 12.0. The van der Waals surface area contributed by atoms with Crippen LogP contribution in [0.1, 0.15) is 16.7 Å². The number of thioether (sulfide) groups is 1. The topological polar surface area (TPSA) is 99.0 Å². The quantitative estimate of drug-likeness (QED) is 0.125. The number of hydrogen-bond acceptors (Lipinski definition) is 7. The number of ether oxygens (including phenoxy) is 2. The number of alkyl halides is 3. The number of methoxy groups -OCH3 is 1. The first-order valence-corrected chi connectivity index (χ1v) is 12.8. The van der Waals surface area contributed by atoms with Crippen LogP contribution in [0.4, 0.5) is 23.7 Å². The van der Waals surface area contributed by atoms with Crippen LogP contribution < -0.4 is 9.47 Å². The molecular formula is C29H19F3N2O6S. The molecule has 0 bridgehead atoms. The Bertz CT molecular complexity index is 1730. The molecule has 2 amide bonds. The number of amides is 2. The highest BCUT2D eigenvalue weighted by atomic mass is 32.2. The Morgan fingerprint density at radius 1 is 0.951 bits per heavy atom. The second-order valence-corrected chi connectivity index (χ2v) is 9.85. The summed E-state index contributed by atoms with van der Waals surface area (Å²) in [7, 11) is 1.31. The van der Waals surface area contributed by atoms with Gasteiger partial charge in [-0.1, -0.05) is 48.5 Å². The number of carbonyl (C=O) groups is 2. The van der Waals surface area contributed by atoms with Crippen molar-refractivity contribution in [1.29, 1.82) is 0 Å². The third kappa shape index (κ3) is 5.73. The van der Waals surface area contributed by atoms with Gasteiger partial charge < -0.3 is 9.47 Å². The fourth-order valence-corrected chi connectivity index (χ4v) is 5.13. The lowest BCUT2D eigenvalue weighted by atomic mass is 10.0. The summed E-state index contributed by atoms with van der Waals surface area (Å²) in [6.07, 6.45) is -3.27. The predicted octanol–water partition coefficient (Wildman–Crippen LogP) is 7.80. The third-order valence-corrected chi connectivity index (χ3v) is 7.18. The van der Waals surface area contributed by atoms with Gasteiger partial charge in [-0.05, 0) is 64.0 Å². The fraction of sp³-hybridized carbons (Fsp3) is 0.103. The largest absolute Gasteiger partial charge is 0.493 e. The SMILES string of the molecule is COc1cc(/C=C2/SC(=O)N(Cc3cccc4ccccc34)C2=O)ccc1Oc1ccc(C(F)(F)F)cc1[N+](=O)[O-]. The number of carbonyl (C=O) groups excluding carboxylic acids is 2. The molecule has 41 heavy (non-hydrogen) atoms. The molecule has 208 valence electrons. The van der Waals surface area contributed by atoms with Crippen molar-refractivity contribution in [2.75, 3.05) is 7.11 Å². The second-order valence-electron chi connectivity index (χ2n) is 8.86. The summed E-state index contributed by atoms with van der Waals surface area (Å²) >= 11 is 0.790. The van der Waals surface area contributed by atoms with Gasteiger partial charge in [-0.15, -0.1) is 0 Å². The summed E-state index contributed by atoms with van der Waals surface area (Å²) in [4.78, 5) is 37.7. The lowest BCUT2D eigenvalue weighted by Crippen LogP contribution is -2.27. The van der Waals surface area contributed by atoms with Crippen molar-refractivity contribution in [3.8, 4) is 17.2 Å². The summed E-state index contributed by atoms with van der Waals surface area (Å²) in [6.45, 7) is 0.103. The van der Waals surface area contributed by atoms with Gasteiger partial charge in [0.05, 0.1) is 29.0 Å². The summed E-state index contributed by atoms with van der Waals surface area (Å²) in [5.41, 5.74) is -0.766. The van der Waals surface area contributed by atoms with E-state index in [1.54, 1.807) is 0 Å². The van der Waals surface area contributed by atoms with E-state index >= 15 is 0 Å². The Labute approximate surface area is 235 Å². The molecule has 0 saturated carbocycles. The minimum Gasteiger partial charge on any atom is -0.493 e. The number of fused-ring (bicyclic) bond motifs is 1. The molecule has 0 aliphatic carbocycles. The van der Waals surface area contributed by atoms with Crippen molar-refractivity contribution >= 4 is 45.4 Å². The number of nitro groups is 1. The number of nitro benzene ring substituents is 1. The van der Waals surface area contributed by atoms with Gasteiger partial charge in [0.25, 0.3) is 11.1 Å². The van der Waals surface area contributed by atoms with E-state index in [1.807, 2.05) is 42.5 Å². The summed E-state index contributed by atoms with van der Waals surface area (Å²) in [6, 6.07) is 19.7. The summed E-state index contributed by atoms with van der Waals surface area (Å²) in [5.74, 6) is -0.782. The highest BCUT2D eigenvalue weighted by Gasteiger charge is 2.36. The van der Waals surface area contributed by atoms with Gasteiger partial charge in [0, 0.05) is 6.07 Å². The maximum Gasteiger partial charge on any atom is 0.416 e. The van der Waals surface area contributed by atoms with Gasteiger partial charge in [-0.2, -0.15) is 13.2 Å². The molecular weight excluding hydrogens is 561 g/mol. The van der Waals surface area contributed by atoms with E-state index in [0.717, 1.165) is 39.1 Å². The van der Waals surface area contributed by atoms with Gasteiger partial charge in [0.1, 0.15) is 0 Å². The molecule has 8 nitrogen and oxygen atoms in total. The van der Waals surface area contributed by atoms with Crippen molar-refractivity contribution in [3.63, 3.8) is 0 Å². The number of nitrogens with zero attached hydrogens (tertiary/aromatic N) is 2. The van der Waals surface area contributed by atoms with Crippen molar-refractivity contribution in [1.82, 2.24) is 4.90 Å². The molecule has 1 heterocycles. The number of halogens is 3. The molecule has 4 aromatic rings. The van der Waals surface area contributed by atoms with E-state index in [-0.39, 0.29) is 22.9 Å². The fourth-order valence-electron chi connectivity index (χ4n) is 4.29. The van der Waals surface area contributed by atoms with Crippen LogP contribution in [0.15, 0.2) is 83.8 Å². The van der Waals surface area contributed by atoms with Crippen LogP contribution in [0.5, 0.6) is 17.2 Å². The minimum absolute atomic E-state index is 0.00318. The highest BCUT2D eigenvalue weighted by Crippen LogP contribution is 2.41. The van der Waals surface area contributed by atoms with Crippen molar-refractivity contribution in [3.05, 3.63) is 111 Å². The second kappa shape index (κ2) is 11.0. The summed E-state index contributed by atoms with van der Waals surface area (Å²) < 4.78 is 50.0. The molecule has 12 heteroatoms. The average molecular weight is 581 g/mol. The molecule has 1 aliphatic heterocycles. The van der Waals surface area contributed by atoms with Crippen LogP contribution in [0.3, 0.4) is 0 Å². The molecule has 0 radical (unpaired) electrons. The van der Waals surface area contributed by atoms with E-state index in [0.29, 0.717) is 17.7 Å². The highest BCUT2D eigenvalue weighted by molar-refractivity contribution is 8.18. The molecule has 1 saturated heterocycles. The van der Waals surface area contributed by atoms with Gasteiger partial charge in [-0.3, -0.25) is 24.6 Å². The Kier molecular flexibility index (Phi) is 7.41. The Hall–Kier alpha value is -4.84. The number of rotatable bonds is 7. The Morgan fingerprint density at radius 3 is 2.41 bits per heavy atom. The lowest BCUT2D eigenvalue weighted by molar-refractivity contribution is -0.385. The lowest BCUT2D eigenvalue weighted by Gasteiger charge is -2.14. The first kappa shape index (κ1) is 27.7. The Balaban J connectivity index is 1.39.